The van der Waals surface area contributed by atoms with E-state index in [-0.39, 0.29) is 30.2 Å². The highest BCUT2D eigenvalue weighted by Crippen LogP contribution is 2.28. The van der Waals surface area contributed by atoms with Crippen LogP contribution in [0.3, 0.4) is 0 Å². The van der Waals surface area contributed by atoms with Crippen LogP contribution in [0.4, 0.5) is 0 Å². The smallest absolute Gasteiger partial charge is 0.335 e. The molecule has 13 heteroatoms. The number of esters is 1. The molecule has 166 valence electrons. The van der Waals surface area contributed by atoms with Crippen molar-refractivity contribution < 1.29 is 53.6 Å². The maximum Gasteiger partial charge on any atom is 0.335 e. The van der Waals surface area contributed by atoms with E-state index in [0.29, 0.717) is 6.42 Å². The number of alkyl halides is 1. The lowest BCUT2D eigenvalue weighted by molar-refractivity contribution is -0.165. The third kappa shape index (κ3) is 17.0. The second-order valence-corrected chi connectivity index (χ2v) is 6.77. The summed E-state index contributed by atoms with van der Waals surface area (Å²) in [5, 5.41) is 49.4. The van der Waals surface area contributed by atoms with Gasteiger partial charge in [0.05, 0.1) is 29.5 Å². The zero-order valence-corrected chi connectivity index (χ0v) is 18.5. The molecule has 0 spiro atoms. The quantitative estimate of drug-likeness (QED) is 0.0945. The Hall–Kier alpha value is -1.09. The number of aliphatic hydroxyl groups is 4. The van der Waals surface area contributed by atoms with Crippen LogP contribution in [-0.4, -0.2) is 85.6 Å². The van der Waals surface area contributed by atoms with E-state index in [0.717, 1.165) is 6.08 Å². The molecule has 0 aromatic carbocycles. The summed E-state index contributed by atoms with van der Waals surface area (Å²) < 4.78 is 9.29. The standard InChI is InChI=1S/C6H10O3.C5H10Br2O2.C4H6O6/c1-2-6(8)9-5-3-4-7;1-5(2,3-8)4(6)9-7;5-1(3(7)8)2(6)4(9)10/h2,7H,1,3-5H2;4,8H,3H2,1-2H3;1-2,5-6H,(H,7,8)(H,9,10). The minimum atomic E-state index is -2.27. The van der Waals surface area contributed by atoms with Crippen molar-refractivity contribution in [3.63, 3.8) is 0 Å². The Labute approximate surface area is 179 Å². The van der Waals surface area contributed by atoms with E-state index >= 15 is 0 Å². The number of carbonyl (C=O) groups excluding carboxylic acids is 1. The topological polar surface area (TPSA) is 191 Å². The molecule has 0 aromatic rings. The van der Waals surface area contributed by atoms with Crippen LogP contribution in [0.25, 0.3) is 0 Å². The Balaban J connectivity index is -0.000000336. The highest BCUT2D eigenvalue weighted by molar-refractivity contribution is 9.10. The monoisotopic (exact) mass is 540 g/mol. The van der Waals surface area contributed by atoms with Crippen LogP contribution in [0, 0.1) is 5.41 Å². The first-order valence-electron chi connectivity index (χ1n) is 7.56. The number of carbonyl (C=O) groups is 3. The van der Waals surface area contributed by atoms with Crippen LogP contribution in [-0.2, 0) is 22.9 Å². The van der Waals surface area contributed by atoms with Crippen LogP contribution in [0.2, 0.25) is 0 Å². The Morgan fingerprint density at radius 1 is 1.11 bits per heavy atom. The lowest BCUT2D eigenvalue weighted by Gasteiger charge is -2.24. The molecule has 3 atom stereocenters. The van der Waals surface area contributed by atoms with Crippen LogP contribution in [0.1, 0.15) is 20.3 Å². The predicted molar refractivity (Wildman–Crippen MR) is 104 cm³/mol. The Kier molecular flexibility index (Phi) is 20.3. The van der Waals surface area contributed by atoms with Crippen molar-refractivity contribution in [3.05, 3.63) is 12.7 Å². The molecule has 0 aliphatic carbocycles. The minimum absolute atomic E-state index is 0.0461. The van der Waals surface area contributed by atoms with Gasteiger partial charge in [-0.25, -0.2) is 14.4 Å². The summed E-state index contributed by atoms with van der Waals surface area (Å²) in [5.74, 6) is -3.98. The van der Waals surface area contributed by atoms with Crippen LogP contribution in [0.15, 0.2) is 12.7 Å². The summed E-state index contributed by atoms with van der Waals surface area (Å²) in [6, 6.07) is 0. The summed E-state index contributed by atoms with van der Waals surface area (Å²) in [7, 11) is 0. The molecule has 0 heterocycles. The van der Waals surface area contributed by atoms with Crippen molar-refractivity contribution in [2.45, 2.75) is 37.5 Å². The Bertz CT molecular complexity index is 453. The van der Waals surface area contributed by atoms with Gasteiger partial charge in [-0.3, -0.25) is 3.83 Å². The van der Waals surface area contributed by atoms with Gasteiger partial charge in [-0.2, -0.15) is 0 Å². The molecule has 0 amide bonds. The molecule has 3 unspecified atom stereocenters. The molecular weight excluding hydrogens is 516 g/mol. The van der Waals surface area contributed by atoms with Gasteiger partial charge in [-0.05, 0) is 0 Å². The number of aliphatic hydroxyl groups excluding tert-OH is 4. The number of ether oxygens (including phenoxy) is 1. The third-order valence-corrected chi connectivity index (χ3v) is 4.92. The largest absolute Gasteiger partial charge is 0.479 e. The molecule has 11 nitrogen and oxygen atoms in total. The number of carboxylic acid groups (broad SMARTS) is 2. The average Bonchev–Trinajstić information content (AvgIpc) is 2.66. The maximum atomic E-state index is 10.3. The van der Waals surface area contributed by atoms with Crippen LogP contribution in [0.5, 0.6) is 0 Å². The van der Waals surface area contributed by atoms with Crippen molar-refractivity contribution in [3.8, 4) is 0 Å². The normalized spacial score (nSPS) is 13.4. The van der Waals surface area contributed by atoms with Gasteiger partial charge in [0.25, 0.3) is 0 Å². The van der Waals surface area contributed by atoms with Gasteiger partial charge in [0.2, 0.25) is 0 Å². The zero-order chi connectivity index (χ0) is 22.9. The van der Waals surface area contributed by atoms with E-state index in [1.807, 2.05) is 13.8 Å². The molecule has 28 heavy (non-hydrogen) atoms. The molecule has 0 bridgehead atoms. The van der Waals surface area contributed by atoms with E-state index in [4.69, 9.17) is 34.5 Å². The van der Waals surface area contributed by atoms with Crippen molar-refractivity contribution in [2.24, 2.45) is 5.41 Å². The van der Waals surface area contributed by atoms with E-state index < -0.39 is 30.1 Å². The molecule has 0 aliphatic rings. The highest BCUT2D eigenvalue weighted by atomic mass is 79.9. The fraction of sp³-hybridized carbons (Fsp3) is 0.667. The van der Waals surface area contributed by atoms with Gasteiger partial charge >= 0.3 is 17.9 Å². The first-order valence-corrected chi connectivity index (χ1v) is 9.12. The van der Waals surface area contributed by atoms with Gasteiger partial charge in [-0.1, -0.05) is 36.4 Å². The number of hydrogen-bond donors (Lipinski definition) is 6. The summed E-state index contributed by atoms with van der Waals surface area (Å²) >= 11 is 6.06. The van der Waals surface area contributed by atoms with E-state index in [9.17, 15) is 14.4 Å². The zero-order valence-electron chi connectivity index (χ0n) is 15.3. The van der Waals surface area contributed by atoms with Crippen molar-refractivity contribution in [1.82, 2.24) is 0 Å². The summed E-state index contributed by atoms with van der Waals surface area (Å²) in [6.45, 7) is 7.40. The van der Waals surface area contributed by atoms with E-state index in [2.05, 4.69) is 43.5 Å². The first kappa shape index (κ1) is 31.6. The SMILES string of the molecule is C=CC(=O)OCCCO.CC(C)(CO)C(Br)OBr.O=C(O)C(O)C(O)C(=O)O. The number of hydrogen-bond acceptors (Lipinski definition) is 9. The predicted octanol–water partition coefficient (Wildman–Crippen LogP) is 0.0278. The average molecular weight is 542 g/mol. The fourth-order valence-electron chi connectivity index (χ4n) is 0.759. The Morgan fingerprint density at radius 3 is 1.75 bits per heavy atom. The first-order chi connectivity index (χ1) is 12.8. The number of halogens is 2. The van der Waals surface area contributed by atoms with Crippen molar-refractivity contribution in [1.29, 1.82) is 0 Å². The minimum Gasteiger partial charge on any atom is -0.479 e. The van der Waals surface area contributed by atoms with Crippen molar-refractivity contribution >= 4 is 50.1 Å². The molecular formula is C15H26Br2O11. The third-order valence-electron chi connectivity index (χ3n) is 2.62. The van der Waals surface area contributed by atoms with Gasteiger partial charge in [0.1, 0.15) is 5.01 Å². The van der Waals surface area contributed by atoms with Gasteiger partial charge < -0.3 is 35.4 Å². The molecule has 0 radical (unpaired) electrons. The highest BCUT2D eigenvalue weighted by Gasteiger charge is 2.29. The second-order valence-electron chi connectivity index (χ2n) is 5.57. The molecule has 0 aromatic heterocycles. The summed E-state index contributed by atoms with van der Waals surface area (Å²) in [5.41, 5.74) is -0.247. The molecule has 0 rings (SSSR count). The van der Waals surface area contributed by atoms with E-state index in [1.54, 1.807) is 0 Å². The van der Waals surface area contributed by atoms with Crippen LogP contribution >= 0.6 is 32.2 Å². The van der Waals surface area contributed by atoms with Gasteiger partial charge in [0.15, 0.2) is 12.2 Å². The Morgan fingerprint density at radius 2 is 1.54 bits per heavy atom. The fourth-order valence-corrected chi connectivity index (χ4v) is 1.41. The van der Waals surface area contributed by atoms with E-state index in [1.165, 1.54) is 0 Å². The molecule has 0 aliphatic heterocycles. The lowest BCUT2D eigenvalue weighted by Crippen LogP contribution is -2.39. The van der Waals surface area contributed by atoms with Gasteiger partial charge in [-0.15, -0.1) is 0 Å². The summed E-state index contributed by atoms with van der Waals surface area (Å²) in [4.78, 5) is 29.8. The lowest BCUT2D eigenvalue weighted by atomic mass is 9.97. The molecule has 6 N–H and O–H groups in total. The van der Waals surface area contributed by atoms with Crippen molar-refractivity contribution in [2.75, 3.05) is 19.8 Å². The number of aliphatic carboxylic acids is 2. The second kappa shape index (κ2) is 18.0. The number of rotatable bonds is 10. The molecule has 0 fully saturated rings. The van der Waals surface area contributed by atoms with Crippen LogP contribution < -0.4 is 0 Å². The molecule has 0 saturated heterocycles. The number of carboxylic acids is 2. The van der Waals surface area contributed by atoms with Gasteiger partial charge in [0, 0.05) is 24.5 Å². The maximum absolute atomic E-state index is 10.3. The molecule has 0 saturated carbocycles. The summed E-state index contributed by atoms with van der Waals surface area (Å²) in [6.07, 6.45) is -2.95.